The van der Waals surface area contributed by atoms with Crippen LogP contribution in [-0.2, 0) is 19.1 Å². The topological polar surface area (TPSA) is 117 Å². The molecule has 0 saturated carbocycles. The molecule has 204 valence electrons. The predicted octanol–water partition coefficient (Wildman–Crippen LogP) is 2.87. The number of nitrogens with zero attached hydrogens (tertiary/aromatic N) is 1. The third-order valence-electron chi connectivity index (χ3n) is 8.33. The summed E-state index contributed by atoms with van der Waals surface area (Å²) >= 11 is 0. The molecule has 2 bridgehead atoms. The number of aliphatic hydroxyl groups excluding tert-OH is 1. The van der Waals surface area contributed by atoms with Crippen molar-refractivity contribution in [3.63, 3.8) is 0 Å². The van der Waals surface area contributed by atoms with Gasteiger partial charge in [-0.05, 0) is 63.8 Å². The van der Waals surface area contributed by atoms with Gasteiger partial charge in [-0.3, -0.25) is 14.4 Å². The maximum Gasteiger partial charge on any atom is 0.245 e. The van der Waals surface area contributed by atoms with Gasteiger partial charge in [0.2, 0.25) is 17.7 Å². The molecule has 3 heterocycles. The fourth-order valence-corrected chi connectivity index (χ4v) is 6.58. The first-order chi connectivity index (χ1) is 17.8. The van der Waals surface area contributed by atoms with Crippen LogP contribution < -0.4 is 15.4 Å². The number of fused-ring (bicyclic) bond motifs is 1. The second-order valence-electron chi connectivity index (χ2n) is 10.7. The number of likely N-dealkylation sites (tertiary alicyclic amines) is 1. The SMILES string of the molecule is CCCCCNC(=O)C1N([C@@H](CC)CO)C(=O)[C@@H]2[C@@H](C(=O)Nc3ccc(OCC)cc3)[C@@]3(C)CCC12O3. The fourth-order valence-electron chi connectivity index (χ4n) is 6.58. The molecular formula is C28H41N3O6. The van der Waals surface area contributed by atoms with Crippen molar-refractivity contribution >= 4 is 23.4 Å². The van der Waals surface area contributed by atoms with Crippen LogP contribution in [0.2, 0.25) is 0 Å². The van der Waals surface area contributed by atoms with E-state index in [9.17, 15) is 19.5 Å². The van der Waals surface area contributed by atoms with Crippen LogP contribution >= 0.6 is 0 Å². The number of nitrogens with one attached hydrogen (secondary N) is 2. The number of ether oxygens (including phenoxy) is 2. The molecule has 3 saturated heterocycles. The molecule has 3 amide bonds. The summed E-state index contributed by atoms with van der Waals surface area (Å²) in [6.07, 6.45) is 4.45. The van der Waals surface area contributed by atoms with Gasteiger partial charge in [0.15, 0.2) is 0 Å². The molecule has 1 aromatic carbocycles. The largest absolute Gasteiger partial charge is 0.494 e. The lowest BCUT2D eigenvalue weighted by molar-refractivity contribution is -0.148. The molecule has 37 heavy (non-hydrogen) atoms. The van der Waals surface area contributed by atoms with E-state index in [4.69, 9.17) is 9.47 Å². The van der Waals surface area contributed by atoms with E-state index in [1.165, 1.54) is 4.90 Å². The van der Waals surface area contributed by atoms with Crippen molar-refractivity contribution < 1.29 is 29.0 Å². The maximum absolute atomic E-state index is 14.0. The Balaban J connectivity index is 1.63. The number of anilines is 1. The summed E-state index contributed by atoms with van der Waals surface area (Å²) in [7, 11) is 0. The van der Waals surface area contributed by atoms with E-state index in [0.29, 0.717) is 43.9 Å². The van der Waals surface area contributed by atoms with E-state index >= 15 is 0 Å². The molecule has 3 aliphatic rings. The molecule has 9 heteroatoms. The predicted molar refractivity (Wildman–Crippen MR) is 139 cm³/mol. The first-order valence-electron chi connectivity index (χ1n) is 13.7. The summed E-state index contributed by atoms with van der Waals surface area (Å²) in [5, 5.41) is 16.1. The molecule has 2 unspecified atom stereocenters. The van der Waals surface area contributed by atoms with Gasteiger partial charge in [-0.25, -0.2) is 0 Å². The maximum atomic E-state index is 14.0. The smallest absolute Gasteiger partial charge is 0.245 e. The number of hydrogen-bond acceptors (Lipinski definition) is 6. The minimum Gasteiger partial charge on any atom is -0.494 e. The highest BCUT2D eigenvalue weighted by molar-refractivity contribution is 6.02. The zero-order valence-electron chi connectivity index (χ0n) is 22.4. The third kappa shape index (κ3) is 4.72. The van der Waals surface area contributed by atoms with Crippen molar-refractivity contribution in [2.24, 2.45) is 11.8 Å². The summed E-state index contributed by atoms with van der Waals surface area (Å²) in [5.74, 6) is -1.69. The third-order valence-corrected chi connectivity index (χ3v) is 8.33. The van der Waals surface area contributed by atoms with Gasteiger partial charge in [0.05, 0.1) is 36.7 Å². The van der Waals surface area contributed by atoms with Gasteiger partial charge in [0, 0.05) is 12.2 Å². The lowest BCUT2D eigenvalue weighted by Gasteiger charge is -2.36. The van der Waals surface area contributed by atoms with Gasteiger partial charge in [0.25, 0.3) is 0 Å². The highest BCUT2D eigenvalue weighted by Gasteiger charge is 2.78. The van der Waals surface area contributed by atoms with Gasteiger partial charge in [-0.2, -0.15) is 0 Å². The van der Waals surface area contributed by atoms with E-state index in [-0.39, 0.29) is 24.3 Å². The van der Waals surface area contributed by atoms with Crippen molar-refractivity contribution in [1.29, 1.82) is 0 Å². The van der Waals surface area contributed by atoms with E-state index < -0.39 is 35.1 Å². The molecule has 1 aromatic rings. The van der Waals surface area contributed by atoms with Crippen molar-refractivity contribution in [1.82, 2.24) is 10.2 Å². The van der Waals surface area contributed by atoms with Gasteiger partial charge in [-0.15, -0.1) is 0 Å². The number of benzene rings is 1. The number of amides is 3. The Morgan fingerprint density at radius 2 is 1.89 bits per heavy atom. The average molecular weight is 516 g/mol. The number of carbonyl (C=O) groups is 3. The summed E-state index contributed by atoms with van der Waals surface area (Å²) in [4.78, 5) is 42.8. The molecule has 3 N–H and O–H groups in total. The van der Waals surface area contributed by atoms with Crippen LogP contribution in [0, 0.1) is 11.8 Å². The number of carbonyl (C=O) groups excluding carboxylic acids is 3. The van der Waals surface area contributed by atoms with Crippen molar-refractivity contribution in [2.45, 2.75) is 89.5 Å². The minimum atomic E-state index is -1.09. The molecule has 1 spiro atoms. The summed E-state index contributed by atoms with van der Waals surface area (Å²) in [6.45, 7) is 8.56. The van der Waals surface area contributed by atoms with E-state index in [1.54, 1.807) is 24.3 Å². The molecular weight excluding hydrogens is 474 g/mol. The van der Waals surface area contributed by atoms with Gasteiger partial charge < -0.3 is 30.1 Å². The Morgan fingerprint density at radius 3 is 2.51 bits per heavy atom. The molecule has 0 aliphatic carbocycles. The second-order valence-corrected chi connectivity index (χ2v) is 10.7. The molecule has 3 fully saturated rings. The second kappa shape index (κ2) is 11.0. The Labute approximate surface area is 219 Å². The Hall–Kier alpha value is -2.65. The van der Waals surface area contributed by atoms with Crippen LogP contribution in [0.3, 0.4) is 0 Å². The number of aliphatic hydroxyl groups is 1. The zero-order valence-corrected chi connectivity index (χ0v) is 22.4. The van der Waals surface area contributed by atoms with Gasteiger partial charge >= 0.3 is 0 Å². The fraction of sp³-hybridized carbons (Fsp3) is 0.679. The monoisotopic (exact) mass is 515 g/mol. The quantitative estimate of drug-likeness (QED) is 0.369. The first-order valence-corrected chi connectivity index (χ1v) is 13.7. The lowest BCUT2D eigenvalue weighted by atomic mass is 9.66. The van der Waals surface area contributed by atoms with E-state index in [1.807, 2.05) is 20.8 Å². The summed E-state index contributed by atoms with van der Waals surface area (Å²) in [5.41, 5.74) is -1.35. The van der Waals surface area contributed by atoms with Crippen LogP contribution in [0.25, 0.3) is 0 Å². The summed E-state index contributed by atoms with van der Waals surface area (Å²) < 4.78 is 12.1. The van der Waals surface area contributed by atoms with Crippen LogP contribution in [0.4, 0.5) is 5.69 Å². The highest BCUT2D eigenvalue weighted by Crippen LogP contribution is 2.63. The molecule has 0 radical (unpaired) electrons. The Bertz CT molecular complexity index is 996. The first kappa shape index (κ1) is 27.4. The Morgan fingerprint density at radius 1 is 1.16 bits per heavy atom. The van der Waals surface area contributed by atoms with Crippen molar-refractivity contribution in [2.75, 3.05) is 25.1 Å². The number of rotatable bonds is 12. The summed E-state index contributed by atoms with van der Waals surface area (Å²) in [6, 6.07) is 5.70. The van der Waals surface area contributed by atoms with Crippen LogP contribution in [-0.4, -0.2) is 70.8 Å². The van der Waals surface area contributed by atoms with Crippen LogP contribution in [0.1, 0.15) is 66.2 Å². The lowest BCUT2D eigenvalue weighted by Crippen LogP contribution is -2.58. The van der Waals surface area contributed by atoms with Gasteiger partial charge in [-0.1, -0.05) is 26.7 Å². The highest BCUT2D eigenvalue weighted by atomic mass is 16.5. The van der Waals surface area contributed by atoms with E-state index in [2.05, 4.69) is 17.6 Å². The normalized spacial score (nSPS) is 30.8. The number of hydrogen-bond donors (Lipinski definition) is 3. The molecule has 9 nitrogen and oxygen atoms in total. The Kier molecular flexibility index (Phi) is 8.14. The standard InChI is InChI=1S/C28H41N3O6/c1-5-8-9-16-29-25(34)23-28-15-14-27(4,37-28)21(22(28)26(35)31(23)19(6-2)17-32)24(33)30-18-10-12-20(13-11-18)36-7-3/h10-13,19,21-23,32H,5-9,14-17H2,1-4H3,(H,29,34)(H,30,33)/t19-,21-,22-,23?,27+,28?/m0/s1. The van der Waals surface area contributed by atoms with Crippen LogP contribution in [0.5, 0.6) is 5.75 Å². The minimum absolute atomic E-state index is 0.259. The van der Waals surface area contributed by atoms with Crippen molar-refractivity contribution in [3.05, 3.63) is 24.3 Å². The molecule has 4 rings (SSSR count). The van der Waals surface area contributed by atoms with E-state index in [0.717, 1.165) is 19.3 Å². The zero-order chi connectivity index (χ0) is 26.8. The van der Waals surface area contributed by atoms with Gasteiger partial charge in [0.1, 0.15) is 17.4 Å². The molecule has 6 atom stereocenters. The molecule has 3 aliphatic heterocycles. The van der Waals surface area contributed by atoms with Crippen LogP contribution in [0.15, 0.2) is 24.3 Å². The van der Waals surface area contributed by atoms with Crippen molar-refractivity contribution in [3.8, 4) is 5.75 Å². The number of unbranched alkanes of at least 4 members (excludes halogenated alkanes) is 2. The molecule has 0 aromatic heterocycles. The average Bonchev–Trinajstić information content (AvgIpc) is 3.45.